The minimum Gasteiger partial charge on any atom is -0.503 e. The quantitative estimate of drug-likeness (QED) is 0.508. The molecular formula is C12H26ClNO3Si2. The highest BCUT2D eigenvalue weighted by molar-refractivity contribution is 6.78. The minimum absolute atomic E-state index is 0.221. The lowest BCUT2D eigenvalue weighted by atomic mass is 10.2. The van der Waals surface area contributed by atoms with E-state index >= 15 is 0 Å². The molecule has 0 aromatic heterocycles. The fraction of sp³-hybridized carbons (Fsp3) is 0.917. The van der Waals surface area contributed by atoms with Gasteiger partial charge in [0.2, 0.25) is 0 Å². The summed E-state index contributed by atoms with van der Waals surface area (Å²) in [5.74, 6) is 0. The van der Waals surface area contributed by atoms with Gasteiger partial charge in [0.1, 0.15) is 0 Å². The molecule has 0 aliphatic rings. The van der Waals surface area contributed by atoms with Gasteiger partial charge in [0.05, 0.1) is 10.7 Å². The summed E-state index contributed by atoms with van der Waals surface area (Å²) < 4.78 is 10.9. The Kier molecular flexibility index (Phi) is 8.27. The van der Waals surface area contributed by atoms with Crippen LogP contribution in [-0.4, -0.2) is 53.4 Å². The predicted octanol–water partition coefficient (Wildman–Crippen LogP) is 3.21. The molecule has 0 atom stereocenters. The zero-order chi connectivity index (χ0) is 15.1. The lowest BCUT2D eigenvalue weighted by molar-refractivity contribution is 0.119. The number of hydrogen-bond donors (Lipinski definition) is 0. The third-order valence-electron chi connectivity index (χ3n) is 2.67. The molecule has 0 aromatic rings. The molecule has 0 aliphatic heterocycles. The van der Waals surface area contributed by atoms with Gasteiger partial charge >= 0.3 is 6.09 Å². The van der Waals surface area contributed by atoms with Crippen LogP contribution >= 0.6 is 11.6 Å². The molecule has 7 heteroatoms. The summed E-state index contributed by atoms with van der Waals surface area (Å²) in [5, 5.41) is -0.349. The van der Waals surface area contributed by atoms with E-state index in [1.54, 1.807) is 12.0 Å². The fourth-order valence-electron chi connectivity index (χ4n) is 1.54. The Labute approximate surface area is 125 Å². The molecule has 0 saturated carbocycles. The van der Waals surface area contributed by atoms with Crippen molar-refractivity contribution in [3.8, 4) is 0 Å². The van der Waals surface area contributed by atoms with E-state index in [0.29, 0.717) is 12.0 Å². The Morgan fingerprint density at radius 2 is 2.00 bits per heavy atom. The highest BCUT2D eigenvalue weighted by Gasteiger charge is 2.36. The van der Waals surface area contributed by atoms with E-state index in [-0.39, 0.29) is 21.0 Å². The van der Waals surface area contributed by atoms with Crippen LogP contribution in [0.1, 0.15) is 33.6 Å². The van der Waals surface area contributed by atoms with Crippen LogP contribution in [0, 0.1) is 0 Å². The van der Waals surface area contributed by atoms with Gasteiger partial charge in [-0.3, -0.25) is 0 Å². The average molecular weight is 324 g/mol. The van der Waals surface area contributed by atoms with Crippen molar-refractivity contribution in [2.45, 2.75) is 51.9 Å². The van der Waals surface area contributed by atoms with Gasteiger partial charge in [-0.15, -0.1) is 11.6 Å². The van der Waals surface area contributed by atoms with Crippen LogP contribution < -0.4 is 0 Å². The van der Waals surface area contributed by atoms with Crippen LogP contribution in [0.25, 0.3) is 0 Å². The summed E-state index contributed by atoms with van der Waals surface area (Å²) in [6.45, 7) is 10.7. The molecule has 0 spiro atoms. The van der Waals surface area contributed by atoms with Gasteiger partial charge in [0, 0.05) is 13.7 Å². The Morgan fingerprint density at radius 3 is 2.42 bits per heavy atom. The van der Waals surface area contributed by atoms with Crippen LogP contribution in [0.2, 0.25) is 13.1 Å². The molecule has 0 saturated heterocycles. The Bertz CT molecular complexity index is 288. The topological polar surface area (TPSA) is 38.8 Å². The summed E-state index contributed by atoms with van der Waals surface area (Å²) in [5.41, 5.74) is 0.410. The summed E-state index contributed by atoms with van der Waals surface area (Å²) >= 11 is 5.86. The third kappa shape index (κ3) is 6.78. The Morgan fingerprint density at radius 1 is 1.42 bits per heavy atom. The zero-order valence-electron chi connectivity index (χ0n) is 12.9. The number of carbonyl (C=O) groups excluding carboxylic acids is 1. The molecule has 19 heavy (non-hydrogen) atoms. The van der Waals surface area contributed by atoms with Crippen molar-refractivity contribution in [2.24, 2.45) is 0 Å². The third-order valence-corrected chi connectivity index (χ3v) is 6.94. The standard InChI is InChI=1S/C12H26ClNO3Si2/c1-7-8-9-14(12(2,3)18-16-4)11(15)17-19(5,6)10-13/h7-10H2,1-6H3. The molecule has 0 aliphatic carbocycles. The largest absolute Gasteiger partial charge is 0.503 e. The molecular weight excluding hydrogens is 298 g/mol. The average Bonchev–Trinajstić information content (AvgIpc) is 2.28. The van der Waals surface area contributed by atoms with E-state index in [1.165, 1.54) is 0 Å². The molecule has 2 radical (unpaired) electrons. The zero-order valence-corrected chi connectivity index (χ0v) is 15.6. The van der Waals surface area contributed by atoms with Crippen LogP contribution in [0.15, 0.2) is 0 Å². The van der Waals surface area contributed by atoms with Crippen molar-refractivity contribution < 1.29 is 13.6 Å². The molecule has 0 heterocycles. The smallest absolute Gasteiger partial charge is 0.396 e. The van der Waals surface area contributed by atoms with Crippen LogP contribution in [0.5, 0.6) is 0 Å². The van der Waals surface area contributed by atoms with E-state index in [4.69, 9.17) is 20.5 Å². The number of nitrogens with zero attached hydrogens (tertiary/aromatic N) is 1. The SMILES string of the molecule is CCCCN(C(=O)O[Si](C)(C)CCl)C(C)(C)[Si]OC. The van der Waals surface area contributed by atoms with Crippen molar-refractivity contribution in [1.29, 1.82) is 0 Å². The maximum atomic E-state index is 12.4. The maximum absolute atomic E-state index is 12.4. The van der Waals surface area contributed by atoms with Crippen LogP contribution in [0.4, 0.5) is 4.79 Å². The van der Waals surface area contributed by atoms with E-state index in [1.807, 2.05) is 26.9 Å². The van der Waals surface area contributed by atoms with Gasteiger partial charge in [-0.2, -0.15) is 0 Å². The van der Waals surface area contributed by atoms with E-state index < -0.39 is 8.32 Å². The number of carbonyl (C=O) groups is 1. The first-order chi connectivity index (χ1) is 8.70. The second-order valence-corrected chi connectivity index (χ2v) is 12.3. The van der Waals surface area contributed by atoms with Crippen molar-refractivity contribution in [1.82, 2.24) is 4.90 Å². The van der Waals surface area contributed by atoms with Crippen LogP contribution in [-0.2, 0) is 8.85 Å². The first-order valence-corrected chi connectivity index (χ1v) is 11.1. The number of hydrogen-bond acceptors (Lipinski definition) is 3. The molecule has 0 unspecified atom stereocenters. The van der Waals surface area contributed by atoms with Crippen molar-refractivity contribution in [3.63, 3.8) is 0 Å². The monoisotopic (exact) mass is 323 g/mol. The minimum atomic E-state index is -2.11. The second kappa shape index (κ2) is 8.29. The van der Waals surface area contributed by atoms with Crippen molar-refractivity contribution in [3.05, 3.63) is 0 Å². The van der Waals surface area contributed by atoms with Gasteiger partial charge in [-0.25, -0.2) is 4.79 Å². The summed E-state index contributed by atoms with van der Waals surface area (Å²) in [6, 6.07) is 0. The molecule has 112 valence electrons. The molecule has 0 fully saturated rings. The first-order valence-electron chi connectivity index (χ1n) is 6.57. The first kappa shape index (κ1) is 19.0. The molecule has 0 aromatic carbocycles. The number of rotatable bonds is 8. The Balaban J connectivity index is 4.88. The summed E-state index contributed by atoms with van der Waals surface area (Å²) in [7, 11) is -0.233. The predicted molar refractivity (Wildman–Crippen MR) is 83.1 cm³/mol. The lowest BCUT2D eigenvalue weighted by Gasteiger charge is -2.38. The van der Waals surface area contributed by atoms with E-state index in [9.17, 15) is 4.79 Å². The van der Waals surface area contributed by atoms with Crippen LogP contribution in [0.3, 0.4) is 0 Å². The summed E-state index contributed by atoms with van der Waals surface area (Å²) in [6.07, 6.45) is 1.72. The molecule has 1 amide bonds. The van der Waals surface area contributed by atoms with Gasteiger partial charge in [0.15, 0.2) is 0 Å². The molecule has 0 bridgehead atoms. The lowest BCUT2D eigenvalue weighted by Crippen LogP contribution is -2.55. The highest BCUT2D eigenvalue weighted by atomic mass is 35.5. The normalized spacial score (nSPS) is 12.4. The van der Waals surface area contributed by atoms with E-state index in [2.05, 4.69) is 6.92 Å². The maximum Gasteiger partial charge on any atom is 0.396 e. The second-order valence-electron chi connectivity index (χ2n) is 5.63. The Hall–Kier alpha value is -0.0462. The van der Waals surface area contributed by atoms with Gasteiger partial charge < -0.3 is 13.8 Å². The highest BCUT2D eigenvalue weighted by Crippen LogP contribution is 2.18. The number of unbranched alkanes of at least 4 members (excludes halogenated alkanes) is 1. The fourth-order valence-corrected chi connectivity index (χ4v) is 3.15. The van der Waals surface area contributed by atoms with Crippen molar-refractivity contribution in [2.75, 3.05) is 19.2 Å². The number of halogens is 1. The van der Waals surface area contributed by atoms with Gasteiger partial charge in [0.25, 0.3) is 18.1 Å². The van der Waals surface area contributed by atoms with Crippen molar-refractivity contribution >= 4 is 35.8 Å². The molecule has 0 rings (SSSR count). The van der Waals surface area contributed by atoms with E-state index in [0.717, 1.165) is 12.8 Å². The number of alkyl halides is 1. The summed E-state index contributed by atoms with van der Waals surface area (Å²) in [4.78, 5) is 14.2. The molecule has 4 nitrogen and oxygen atoms in total. The molecule has 0 N–H and O–H groups in total. The van der Waals surface area contributed by atoms with Gasteiger partial charge in [-0.1, -0.05) is 13.3 Å². The van der Waals surface area contributed by atoms with Gasteiger partial charge in [-0.05, 0) is 33.4 Å². The number of amides is 1.